The molecule has 5 aromatic carbocycles. The zero-order valence-corrected chi connectivity index (χ0v) is 19.8. The van der Waals surface area contributed by atoms with Gasteiger partial charge in [0, 0.05) is 22.1 Å². The van der Waals surface area contributed by atoms with Crippen LogP contribution in [0.1, 0.15) is 0 Å². The summed E-state index contributed by atoms with van der Waals surface area (Å²) in [6.07, 6.45) is 0. The highest BCUT2D eigenvalue weighted by molar-refractivity contribution is 7.24. The van der Waals surface area contributed by atoms with Crippen LogP contribution < -0.4 is 4.90 Å². The Balaban J connectivity index is 1.53. The lowest BCUT2D eigenvalue weighted by molar-refractivity contribution is 1.18. The molecular formula is C32H22N2S. The monoisotopic (exact) mass is 466 g/mol. The molecule has 166 valence electrons. The van der Waals surface area contributed by atoms with Crippen molar-refractivity contribution in [1.82, 2.24) is 4.57 Å². The van der Waals surface area contributed by atoms with Crippen LogP contribution in [0.15, 0.2) is 133 Å². The minimum Gasteiger partial charge on any atom is -0.308 e. The van der Waals surface area contributed by atoms with Gasteiger partial charge in [-0.25, -0.2) is 0 Å². The molecule has 2 aromatic heterocycles. The molecule has 2 heterocycles. The molecule has 7 rings (SSSR count). The van der Waals surface area contributed by atoms with E-state index in [-0.39, 0.29) is 0 Å². The van der Waals surface area contributed by atoms with Crippen LogP contribution in [0.25, 0.3) is 37.6 Å². The van der Waals surface area contributed by atoms with Gasteiger partial charge in [-0.1, -0.05) is 91.0 Å². The molecule has 0 aliphatic rings. The molecule has 0 unspecified atom stereocenters. The van der Waals surface area contributed by atoms with Gasteiger partial charge in [0.15, 0.2) is 0 Å². The van der Waals surface area contributed by atoms with Gasteiger partial charge < -0.3 is 9.47 Å². The molecule has 0 spiro atoms. The number of nitrogens with zero attached hydrogens (tertiary/aromatic N) is 2. The second-order valence-electron chi connectivity index (χ2n) is 8.66. The summed E-state index contributed by atoms with van der Waals surface area (Å²) in [6.45, 7) is 0. The van der Waals surface area contributed by atoms with E-state index in [4.69, 9.17) is 0 Å². The van der Waals surface area contributed by atoms with E-state index in [1.54, 1.807) is 0 Å². The third-order valence-corrected chi connectivity index (χ3v) is 7.73. The van der Waals surface area contributed by atoms with Gasteiger partial charge in [0.1, 0.15) is 5.00 Å². The van der Waals surface area contributed by atoms with Gasteiger partial charge in [0.25, 0.3) is 0 Å². The molecule has 0 aliphatic heterocycles. The topological polar surface area (TPSA) is 8.17 Å². The van der Waals surface area contributed by atoms with Crippen LogP contribution in [0.2, 0.25) is 0 Å². The fraction of sp³-hybridized carbons (Fsp3) is 0. The predicted octanol–water partition coefficient (Wildman–Crippen LogP) is 9.47. The summed E-state index contributed by atoms with van der Waals surface area (Å²) >= 11 is 1.85. The quantitative estimate of drug-likeness (QED) is 0.251. The minimum atomic E-state index is 1.16. The second-order valence-corrected chi connectivity index (χ2v) is 9.69. The van der Waals surface area contributed by atoms with Gasteiger partial charge in [-0.2, -0.15) is 0 Å². The van der Waals surface area contributed by atoms with Crippen LogP contribution >= 0.6 is 11.3 Å². The Bertz CT molecular complexity index is 1790. The number of rotatable bonds is 4. The first kappa shape index (κ1) is 20.1. The molecule has 35 heavy (non-hydrogen) atoms. The standard InChI is InChI=1S/C32H22N2S/c1-3-14-24(15-4-1)33-29-20-10-9-19-27(29)32-30(33)22-31(35-32)34(25-16-5-2-6-17-25)28-21-11-13-23-12-7-8-18-26(23)28/h1-22H. The summed E-state index contributed by atoms with van der Waals surface area (Å²) in [4.78, 5) is 2.40. The lowest BCUT2D eigenvalue weighted by Gasteiger charge is -2.25. The zero-order valence-electron chi connectivity index (χ0n) is 19.0. The minimum absolute atomic E-state index is 1.16. The summed E-state index contributed by atoms with van der Waals surface area (Å²) in [7, 11) is 0. The van der Waals surface area contributed by atoms with Crippen molar-refractivity contribution in [3.8, 4) is 5.69 Å². The average Bonchev–Trinajstić information content (AvgIpc) is 3.47. The van der Waals surface area contributed by atoms with E-state index >= 15 is 0 Å². The van der Waals surface area contributed by atoms with Crippen LogP contribution in [0.4, 0.5) is 16.4 Å². The van der Waals surface area contributed by atoms with Crippen LogP contribution in [0.3, 0.4) is 0 Å². The van der Waals surface area contributed by atoms with Crippen molar-refractivity contribution in [2.75, 3.05) is 4.90 Å². The molecule has 7 aromatic rings. The molecule has 2 nitrogen and oxygen atoms in total. The normalized spacial score (nSPS) is 11.4. The number of aromatic nitrogens is 1. The van der Waals surface area contributed by atoms with Gasteiger partial charge in [0.05, 0.1) is 21.4 Å². The second kappa shape index (κ2) is 8.15. The Hall–Kier alpha value is -4.34. The first-order valence-electron chi connectivity index (χ1n) is 11.8. The van der Waals surface area contributed by atoms with E-state index in [2.05, 4.69) is 143 Å². The molecule has 0 N–H and O–H groups in total. The van der Waals surface area contributed by atoms with Crippen LogP contribution in [-0.2, 0) is 0 Å². The lowest BCUT2D eigenvalue weighted by atomic mass is 10.1. The van der Waals surface area contributed by atoms with Crippen molar-refractivity contribution >= 4 is 59.6 Å². The summed E-state index contributed by atoms with van der Waals surface area (Å²) in [6, 6.07) is 47.6. The van der Waals surface area contributed by atoms with Gasteiger partial charge >= 0.3 is 0 Å². The maximum absolute atomic E-state index is 2.40. The van der Waals surface area contributed by atoms with Crippen LogP contribution in [-0.4, -0.2) is 4.57 Å². The molecule has 0 atom stereocenters. The van der Waals surface area contributed by atoms with E-state index in [0.29, 0.717) is 0 Å². The number of para-hydroxylation sites is 3. The van der Waals surface area contributed by atoms with Crippen molar-refractivity contribution < 1.29 is 0 Å². The van der Waals surface area contributed by atoms with E-state index in [1.807, 2.05) is 11.3 Å². The average molecular weight is 467 g/mol. The third-order valence-electron chi connectivity index (χ3n) is 6.59. The molecule has 0 saturated carbocycles. The number of thiophene rings is 1. The van der Waals surface area contributed by atoms with Crippen LogP contribution in [0, 0.1) is 0 Å². The Kier molecular flexibility index (Phi) is 4.68. The van der Waals surface area contributed by atoms with Crippen molar-refractivity contribution in [1.29, 1.82) is 0 Å². The molecule has 0 radical (unpaired) electrons. The predicted molar refractivity (Wildman–Crippen MR) is 151 cm³/mol. The number of hydrogen-bond acceptors (Lipinski definition) is 2. The highest BCUT2D eigenvalue weighted by Gasteiger charge is 2.21. The first-order valence-corrected chi connectivity index (χ1v) is 12.6. The summed E-state index contributed by atoms with van der Waals surface area (Å²) in [5.74, 6) is 0. The Morgan fingerprint density at radius 1 is 0.543 bits per heavy atom. The molecule has 0 saturated heterocycles. The largest absolute Gasteiger partial charge is 0.308 e. The summed E-state index contributed by atoms with van der Waals surface area (Å²) < 4.78 is 3.69. The van der Waals surface area contributed by atoms with Crippen molar-refractivity contribution in [2.45, 2.75) is 0 Å². The molecule has 0 bridgehead atoms. The van der Waals surface area contributed by atoms with Crippen molar-refractivity contribution in [3.63, 3.8) is 0 Å². The number of hydrogen-bond donors (Lipinski definition) is 0. The van der Waals surface area contributed by atoms with E-state index in [1.165, 1.54) is 48.3 Å². The van der Waals surface area contributed by atoms with Gasteiger partial charge in [-0.3, -0.25) is 0 Å². The van der Waals surface area contributed by atoms with Gasteiger partial charge in [-0.05, 0) is 47.9 Å². The maximum atomic E-state index is 2.40. The van der Waals surface area contributed by atoms with E-state index in [9.17, 15) is 0 Å². The zero-order chi connectivity index (χ0) is 23.2. The number of benzene rings is 5. The lowest BCUT2D eigenvalue weighted by Crippen LogP contribution is -2.08. The maximum Gasteiger partial charge on any atom is 0.103 e. The third kappa shape index (κ3) is 3.24. The Labute approximate surface area is 207 Å². The molecular weight excluding hydrogens is 444 g/mol. The molecule has 0 aliphatic carbocycles. The molecule has 3 heteroatoms. The Morgan fingerprint density at radius 3 is 2.03 bits per heavy atom. The highest BCUT2D eigenvalue weighted by Crippen LogP contribution is 2.46. The first-order chi connectivity index (χ1) is 17.4. The highest BCUT2D eigenvalue weighted by atomic mass is 32.1. The summed E-state index contributed by atoms with van der Waals surface area (Å²) in [5, 5.41) is 4.97. The van der Waals surface area contributed by atoms with E-state index < -0.39 is 0 Å². The number of fused-ring (bicyclic) bond motifs is 4. The molecule has 0 fully saturated rings. The van der Waals surface area contributed by atoms with Crippen molar-refractivity contribution in [2.24, 2.45) is 0 Å². The van der Waals surface area contributed by atoms with E-state index in [0.717, 1.165) is 5.69 Å². The fourth-order valence-electron chi connectivity index (χ4n) is 5.05. The molecule has 0 amide bonds. The van der Waals surface area contributed by atoms with Gasteiger partial charge in [0.2, 0.25) is 0 Å². The summed E-state index contributed by atoms with van der Waals surface area (Å²) in [5.41, 5.74) is 6.00. The Morgan fingerprint density at radius 2 is 1.20 bits per heavy atom. The number of anilines is 3. The smallest absolute Gasteiger partial charge is 0.103 e. The SMILES string of the molecule is c1ccc(N(c2cc3c(s2)c2ccccc2n3-c2ccccc2)c2cccc3ccccc23)cc1. The fourth-order valence-corrected chi connectivity index (χ4v) is 6.26. The van der Waals surface area contributed by atoms with Crippen LogP contribution in [0.5, 0.6) is 0 Å². The van der Waals surface area contributed by atoms with Gasteiger partial charge in [-0.15, -0.1) is 11.3 Å². The van der Waals surface area contributed by atoms with Crippen molar-refractivity contribution in [3.05, 3.63) is 133 Å².